The van der Waals surface area contributed by atoms with Crippen LogP contribution >= 0.6 is 0 Å². The lowest BCUT2D eigenvalue weighted by molar-refractivity contribution is 1.32. The standard InChI is InChI=1S/C18H15S.C7H8/c1-4-10-16(11-5-1)19(17-12-6-2-7-13-17)18-14-8-3-9-15-18;1-7-5-3-2-4-6-7/h1-15H;2-6H,1H3/q+1;. The first-order valence-electron chi connectivity index (χ1n) is 8.76. The second-order valence-corrected chi connectivity index (χ2v) is 7.93. The predicted molar refractivity (Wildman–Crippen MR) is 113 cm³/mol. The molecule has 0 radical (unpaired) electrons. The van der Waals surface area contributed by atoms with Gasteiger partial charge in [-0.25, -0.2) is 0 Å². The van der Waals surface area contributed by atoms with Crippen molar-refractivity contribution in [3.63, 3.8) is 0 Å². The first-order valence-corrected chi connectivity index (χ1v) is 9.98. The Bertz CT molecular complexity index is 778. The van der Waals surface area contributed by atoms with Crippen LogP contribution in [0, 0.1) is 6.92 Å². The first-order chi connectivity index (χ1) is 12.8. The van der Waals surface area contributed by atoms with Crippen molar-refractivity contribution >= 4 is 10.9 Å². The van der Waals surface area contributed by atoms with E-state index in [9.17, 15) is 0 Å². The van der Waals surface area contributed by atoms with Crippen LogP contribution in [0.4, 0.5) is 0 Å². The fraction of sp³-hybridized carbons (Fsp3) is 0.0400. The van der Waals surface area contributed by atoms with E-state index in [0.29, 0.717) is 0 Å². The van der Waals surface area contributed by atoms with Gasteiger partial charge in [-0.05, 0) is 43.3 Å². The van der Waals surface area contributed by atoms with Gasteiger partial charge in [0.1, 0.15) is 0 Å². The molecule has 26 heavy (non-hydrogen) atoms. The maximum Gasteiger partial charge on any atom is 0.166 e. The Morgan fingerprint density at radius 3 is 0.885 bits per heavy atom. The van der Waals surface area contributed by atoms with Crippen LogP contribution in [0.1, 0.15) is 5.56 Å². The van der Waals surface area contributed by atoms with Crippen molar-refractivity contribution in [1.29, 1.82) is 0 Å². The second kappa shape index (κ2) is 9.65. The molecule has 4 rings (SSSR count). The summed E-state index contributed by atoms with van der Waals surface area (Å²) in [6.07, 6.45) is 0. The zero-order valence-corrected chi connectivity index (χ0v) is 15.8. The third-order valence-electron chi connectivity index (χ3n) is 3.88. The summed E-state index contributed by atoms with van der Waals surface area (Å²) in [7, 11) is -0.0146. The molecule has 0 saturated carbocycles. The fourth-order valence-electron chi connectivity index (χ4n) is 2.61. The number of rotatable bonds is 3. The van der Waals surface area contributed by atoms with Gasteiger partial charge in [0.2, 0.25) is 0 Å². The molecule has 0 aliphatic carbocycles. The predicted octanol–water partition coefficient (Wildman–Crippen LogP) is 6.78. The van der Waals surface area contributed by atoms with Gasteiger partial charge in [0, 0.05) is 0 Å². The summed E-state index contributed by atoms with van der Waals surface area (Å²) in [6, 6.07) is 42.4. The van der Waals surface area contributed by atoms with E-state index in [1.54, 1.807) is 0 Å². The minimum absolute atomic E-state index is 0.0146. The minimum Gasteiger partial charge on any atom is -0.0622 e. The first kappa shape index (κ1) is 18.0. The van der Waals surface area contributed by atoms with Crippen LogP contribution in [-0.4, -0.2) is 0 Å². The summed E-state index contributed by atoms with van der Waals surface area (Å²) in [4.78, 5) is 4.08. The van der Waals surface area contributed by atoms with Gasteiger partial charge in [0.15, 0.2) is 14.7 Å². The molecule has 0 amide bonds. The molecule has 128 valence electrons. The van der Waals surface area contributed by atoms with Gasteiger partial charge in [-0.3, -0.25) is 0 Å². The Morgan fingerprint density at radius 1 is 0.385 bits per heavy atom. The van der Waals surface area contributed by atoms with E-state index in [1.807, 2.05) is 18.2 Å². The average Bonchev–Trinajstić information content (AvgIpc) is 2.72. The summed E-state index contributed by atoms with van der Waals surface area (Å²) in [5, 5.41) is 0. The van der Waals surface area contributed by atoms with Crippen molar-refractivity contribution < 1.29 is 0 Å². The largest absolute Gasteiger partial charge is 0.166 e. The van der Waals surface area contributed by atoms with E-state index >= 15 is 0 Å². The van der Waals surface area contributed by atoms with Gasteiger partial charge in [-0.1, -0.05) is 90.5 Å². The van der Waals surface area contributed by atoms with Crippen LogP contribution in [0.25, 0.3) is 0 Å². The lowest BCUT2D eigenvalue weighted by atomic mass is 10.2. The van der Waals surface area contributed by atoms with E-state index in [0.717, 1.165) is 0 Å². The molecular weight excluding hydrogens is 332 g/mol. The van der Waals surface area contributed by atoms with Gasteiger partial charge in [-0.15, -0.1) is 0 Å². The van der Waals surface area contributed by atoms with E-state index in [2.05, 4.69) is 110 Å². The van der Waals surface area contributed by atoms with Gasteiger partial charge in [0.05, 0.1) is 10.9 Å². The molecule has 0 heterocycles. The summed E-state index contributed by atoms with van der Waals surface area (Å²) < 4.78 is 0. The van der Waals surface area contributed by atoms with Gasteiger partial charge in [0.25, 0.3) is 0 Å². The third kappa shape index (κ3) is 5.11. The highest BCUT2D eigenvalue weighted by atomic mass is 32.2. The average molecular weight is 356 g/mol. The molecule has 0 bridgehead atoms. The molecule has 4 aromatic rings. The zero-order valence-electron chi connectivity index (χ0n) is 15.0. The molecule has 0 saturated heterocycles. The Hall–Kier alpha value is -2.77. The molecule has 0 fully saturated rings. The summed E-state index contributed by atoms with van der Waals surface area (Å²) >= 11 is 0. The van der Waals surface area contributed by atoms with Crippen molar-refractivity contribution in [3.8, 4) is 0 Å². The van der Waals surface area contributed by atoms with E-state index in [-0.39, 0.29) is 10.9 Å². The Morgan fingerprint density at radius 2 is 0.654 bits per heavy atom. The van der Waals surface area contributed by atoms with Gasteiger partial charge >= 0.3 is 0 Å². The maximum absolute atomic E-state index is 2.21. The number of hydrogen-bond donors (Lipinski definition) is 0. The van der Waals surface area contributed by atoms with Crippen molar-refractivity contribution in [2.75, 3.05) is 0 Å². The Balaban J connectivity index is 0.000000236. The molecular formula is C25H23S+. The fourth-order valence-corrected chi connectivity index (χ4v) is 4.72. The molecule has 0 aliphatic heterocycles. The normalized spacial score (nSPS) is 10.1. The van der Waals surface area contributed by atoms with Crippen LogP contribution < -0.4 is 0 Å². The van der Waals surface area contributed by atoms with Crippen LogP contribution in [0.3, 0.4) is 0 Å². The van der Waals surface area contributed by atoms with Crippen LogP contribution in [-0.2, 0) is 10.9 Å². The topological polar surface area (TPSA) is 0 Å². The number of hydrogen-bond acceptors (Lipinski definition) is 0. The monoisotopic (exact) mass is 355 g/mol. The summed E-state index contributed by atoms with van der Waals surface area (Å²) in [6.45, 7) is 2.08. The molecule has 0 nitrogen and oxygen atoms in total. The van der Waals surface area contributed by atoms with Gasteiger partial charge < -0.3 is 0 Å². The molecule has 4 aromatic carbocycles. The Kier molecular flexibility index (Phi) is 6.69. The van der Waals surface area contributed by atoms with Crippen molar-refractivity contribution in [1.82, 2.24) is 0 Å². The minimum atomic E-state index is -0.0146. The SMILES string of the molecule is Cc1ccccc1.c1ccc([S+](c2ccccc2)c2ccccc2)cc1. The lowest BCUT2D eigenvalue weighted by Gasteiger charge is -2.07. The van der Waals surface area contributed by atoms with Crippen LogP contribution in [0.15, 0.2) is 136 Å². The van der Waals surface area contributed by atoms with E-state index in [1.165, 1.54) is 20.2 Å². The molecule has 0 aromatic heterocycles. The van der Waals surface area contributed by atoms with Crippen molar-refractivity contribution in [2.45, 2.75) is 21.6 Å². The molecule has 0 atom stereocenters. The molecule has 0 aliphatic rings. The number of benzene rings is 4. The van der Waals surface area contributed by atoms with Gasteiger partial charge in [-0.2, -0.15) is 0 Å². The summed E-state index contributed by atoms with van der Waals surface area (Å²) in [5.74, 6) is 0. The van der Waals surface area contributed by atoms with Crippen LogP contribution in [0.5, 0.6) is 0 Å². The van der Waals surface area contributed by atoms with Crippen LogP contribution in [0.2, 0.25) is 0 Å². The van der Waals surface area contributed by atoms with Crippen molar-refractivity contribution in [3.05, 3.63) is 127 Å². The lowest BCUT2D eigenvalue weighted by Crippen LogP contribution is -2.04. The quantitative estimate of drug-likeness (QED) is 0.355. The van der Waals surface area contributed by atoms with E-state index in [4.69, 9.17) is 0 Å². The molecule has 1 heteroatoms. The second-order valence-electron chi connectivity index (χ2n) is 5.90. The number of aryl methyl sites for hydroxylation is 1. The zero-order chi connectivity index (χ0) is 18.0. The third-order valence-corrected chi connectivity index (χ3v) is 6.11. The Labute approximate surface area is 159 Å². The molecule has 0 spiro atoms. The van der Waals surface area contributed by atoms with E-state index < -0.39 is 0 Å². The highest BCUT2D eigenvalue weighted by Crippen LogP contribution is 2.30. The maximum atomic E-state index is 2.21. The highest BCUT2D eigenvalue weighted by Gasteiger charge is 2.27. The molecule has 0 N–H and O–H groups in total. The summed E-state index contributed by atoms with van der Waals surface area (Å²) in [5.41, 5.74) is 1.32. The van der Waals surface area contributed by atoms with Crippen molar-refractivity contribution in [2.24, 2.45) is 0 Å². The highest BCUT2D eigenvalue weighted by molar-refractivity contribution is 7.97. The smallest absolute Gasteiger partial charge is 0.0622 e. The molecule has 0 unspecified atom stereocenters.